The van der Waals surface area contributed by atoms with Crippen molar-refractivity contribution in [2.45, 2.75) is 35.8 Å². The number of phenolic OH excluding ortho intramolecular Hbond substituents is 1. The van der Waals surface area contributed by atoms with Crippen molar-refractivity contribution in [1.82, 2.24) is 0 Å². The molecule has 0 spiro atoms. The van der Waals surface area contributed by atoms with Crippen molar-refractivity contribution >= 4 is 17.7 Å². The standard InChI is InChI=1S/C12H14O3S/c1-12(2)6-10(11(14)15)16-9-4-3-7(13)5-8(9)12/h3-5,10,13H,6H2,1-2H3,(H,14,15). The highest BCUT2D eigenvalue weighted by atomic mass is 32.2. The van der Waals surface area contributed by atoms with Gasteiger partial charge in [0.1, 0.15) is 11.0 Å². The lowest BCUT2D eigenvalue weighted by Gasteiger charge is -2.35. The zero-order chi connectivity index (χ0) is 11.9. The van der Waals surface area contributed by atoms with E-state index in [0.717, 1.165) is 10.5 Å². The average molecular weight is 238 g/mol. The molecule has 0 aliphatic carbocycles. The summed E-state index contributed by atoms with van der Waals surface area (Å²) >= 11 is 1.37. The number of benzene rings is 1. The second-order valence-corrected chi connectivity index (χ2v) is 5.96. The summed E-state index contributed by atoms with van der Waals surface area (Å²) in [5.74, 6) is -0.530. The Balaban J connectivity index is 2.47. The van der Waals surface area contributed by atoms with Gasteiger partial charge in [0.15, 0.2) is 0 Å². The minimum atomic E-state index is -0.767. The largest absolute Gasteiger partial charge is 0.508 e. The van der Waals surface area contributed by atoms with E-state index in [2.05, 4.69) is 0 Å². The minimum absolute atomic E-state index is 0.206. The van der Waals surface area contributed by atoms with Crippen LogP contribution in [-0.2, 0) is 10.2 Å². The van der Waals surface area contributed by atoms with Gasteiger partial charge in [0, 0.05) is 4.90 Å². The lowest BCUT2D eigenvalue weighted by atomic mass is 9.80. The van der Waals surface area contributed by atoms with Crippen LogP contribution in [-0.4, -0.2) is 21.4 Å². The molecule has 1 aliphatic rings. The Labute approximate surface area is 98.5 Å². The van der Waals surface area contributed by atoms with Crippen molar-refractivity contribution in [3.05, 3.63) is 23.8 Å². The van der Waals surface area contributed by atoms with Gasteiger partial charge >= 0.3 is 5.97 Å². The fourth-order valence-corrected chi connectivity index (χ4v) is 3.57. The average Bonchev–Trinajstić information content (AvgIpc) is 2.18. The highest BCUT2D eigenvalue weighted by molar-refractivity contribution is 8.00. The lowest BCUT2D eigenvalue weighted by Crippen LogP contribution is -2.32. The van der Waals surface area contributed by atoms with Gasteiger partial charge in [0.2, 0.25) is 0 Å². The number of hydrogen-bond donors (Lipinski definition) is 2. The highest BCUT2D eigenvalue weighted by Crippen LogP contribution is 2.46. The molecule has 1 aromatic rings. The van der Waals surface area contributed by atoms with Gasteiger partial charge in [-0.2, -0.15) is 0 Å². The van der Waals surface area contributed by atoms with Crippen LogP contribution in [0.3, 0.4) is 0 Å². The second-order valence-electron chi connectivity index (χ2n) is 4.71. The summed E-state index contributed by atoms with van der Waals surface area (Å²) in [6.07, 6.45) is 0.587. The molecule has 0 bridgehead atoms. The maximum atomic E-state index is 11.0. The quantitative estimate of drug-likeness (QED) is 0.789. The van der Waals surface area contributed by atoms with Crippen molar-refractivity contribution in [2.75, 3.05) is 0 Å². The van der Waals surface area contributed by atoms with Crippen LogP contribution in [0.15, 0.2) is 23.1 Å². The number of rotatable bonds is 1. The number of aromatic hydroxyl groups is 1. The first-order valence-corrected chi connectivity index (χ1v) is 6.01. The van der Waals surface area contributed by atoms with Gasteiger partial charge in [-0.25, -0.2) is 0 Å². The van der Waals surface area contributed by atoms with Crippen LogP contribution >= 0.6 is 11.8 Å². The lowest BCUT2D eigenvalue weighted by molar-refractivity contribution is -0.136. The number of hydrogen-bond acceptors (Lipinski definition) is 3. The molecule has 0 aromatic heterocycles. The van der Waals surface area contributed by atoms with E-state index in [-0.39, 0.29) is 11.2 Å². The molecule has 0 saturated carbocycles. The zero-order valence-electron chi connectivity index (χ0n) is 9.23. The van der Waals surface area contributed by atoms with E-state index >= 15 is 0 Å². The number of carboxylic acid groups (broad SMARTS) is 1. The van der Waals surface area contributed by atoms with Crippen molar-refractivity contribution in [3.63, 3.8) is 0 Å². The predicted octanol–water partition coefficient (Wildman–Crippen LogP) is 2.62. The normalized spacial score (nSPS) is 22.5. The van der Waals surface area contributed by atoms with E-state index in [4.69, 9.17) is 5.11 Å². The van der Waals surface area contributed by atoms with Gasteiger partial charge in [-0.15, -0.1) is 11.8 Å². The first-order chi connectivity index (χ1) is 7.40. The molecule has 0 radical (unpaired) electrons. The monoisotopic (exact) mass is 238 g/mol. The summed E-state index contributed by atoms with van der Waals surface area (Å²) in [6, 6.07) is 5.14. The summed E-state index contributed by atoms with van der Waals surface area (Å²) in [5.41, 5.74) is 0.831. The molecule has 2 N–H and O–H groups in total. The number of carbonyl (C=O) groups is 1. The molecular formula is C12H14O3S. The molecule has 16 heavy (non-hydrogen) atoms. The van der Waals surface area contributed by atoms with Crippen LogP contribution in [0.25, 0.3) is 0 Å². The minimum Gasteiger partial charge on any atom is -0.508 e. The molecule has 1 atom stereocenters. The van der Waals surface area contributed by atoms with Crippen molar-refractivity contribution in [2.24, 2.45) is 0 Å². The van der Waals surface area contributed by atoms with Crippen LogP contribution in [0.5, 0.6) is 5.75 Å². The number of fused-ring (bicyclic) bond motifs is 1. The fourth-order valence-electron chi connectivity index (χ4n) is 2.06. The van der Waals surface area contributed by atoms with Gasteiger partial charge < -0.3 is 10.2 Å². The number of aliphatic carboxylic acids is 1. The van der Waals surface area contributed by atoms with E-state index in [0.29, 0.717) is 6.42 Å². The van der Waals surface area contributed by atoms with Crippen LogP contribution in [0.1, 0.15) is 25.8 Å². The van der Waals surface area contributed by atoms with Gasteiger partial charge in [-0.05, 0) is 35.6 Å². The summed E-state index contributed by atoms with van der Waals surface area (Å²) in [6.45, 7) is 4.03. The molecule has 1 aromatic carbocycles. The summed E-state index contributed by atoms with van der Waals surface area (Å²) in [4.78, 5) is 12.0. The molecule has 0 amide bonds. The Morgan fingerprint density at radius 2 is 2.19 bits per heavy atom. The van der Waals surface area contributed by atoms with E-state index in [1.807, 2.05) is 13.8 Å². The van der Waals surface area contributed by atoms with Crippen molar-refractivity contribution in [1.29, 1.82) is 0 Å². The van der Waals surface area contributed by atoms with E-state index in [1.165, 1.54) is 11.8 Å². The topological polar surface area (TPSA) is 57.5 Å². The Morgan fingerprint density at radius 3 is 2.81 bits per heavy atom. The van der Waals surface area contributed by atoms with E-state index in [1.54, 1.807) is 18.2 Å². The van der Waals surface area contributed by atoms with Gasteiger partial charge in [-0.3, -0.25) is 4.79 Å². The first-order valence-electron chi connectivity index (χ1n) is 5.13. The maximum absolute atomic E-state index is 11.0. The number of thioether (sulfide) groups is 1. The number of phenols is 1. The SMILES string of the molecule is CC1(C)CC(C(=O)O)Sc2ccc(O)cc21. The molecule has 86 valence electrons. The summed E-state index contributed by atoms with van der Waals surface area (Å²) in [7, 11) is 0. The molecule has 0 saturated heterocycles. The second kappa shape index (κ2) is 3.70. The third kappa shape index (κ3) is 1.89. The van der Waals surface area contributed by atoms with Crippen molar-refractivity contribution in [3.8, 4) is 5.75 Å². The summed E-state index contributed by atoms with van der Waals surface area (Å²) in [5, 5.41) is 18.2. The molecule has 4 heteroatoms. The molecular weight excluding hydrogens is 224 g/mol. The van der Waals surface area contributed by atoms with Crippen LogP contribution in [0.2, 0.25) is 0 Å². The molecule has 0 fully saturated rings. The maximum Gasteiger partial charge on any atom is 0.317 e. The van der Waals surface area contributed by atoms with Crippen LogP contribution in [0, 0.1) is 0 Å². The molecule has 1 aliphatic heterocycles. The fraction of sp³-hybridized carbons (Fsp3) is 0.417. The Hall–Kier alpha value is -1.16. The van der Waals surface area contributed by atoms with Crippen molar-refractivity contribution < 1.29 is 15.0 Å². The Morgan fingerprint density at radius 1 is 1.50 bits per heavy atom. The highest BCUT2D eigenvalue weighted by Gasteiger charge is 2.36. The molecule has 2 rings (SSSR count). The van der Waals surface area contributed by atoms with Crippen LogP contribution in [0.4, 0.5) is 0 Å². The van der Waals surface area contributed by atoms with Crippen LogP contribution < -0.4 is 0 Å². The van der Waals surface area contributed by atoms with E-state index in [9.17, 15) is 9.90 Å². The Kier molecular flexibility index (Phi) is 2.62. The smallest absolute Gasteiger partial charge is 0.317 e. The third-order valence-corrected chi connectivity index (χ3v) is 4.20. The van der Waals surface area contributed by atoms with Gasteiger partial charge in [0.25, 0.3) is 0 Å². The first kappa shape index (κ1) is 11.3. The number of carboxylic acids is 1. The Bertz CT molecular complexity index is 440. The van der Waals surface area contributed by atoms with E-state index < -0.39 is 11.2 Å². The predicted molar refractivity (Wildman–Crippen MR) is 63.0 cm³/mol. The molecule has 3 nitrogen and oxygen atoms in total. The van der Waals surface area contributed by atoms with Gasteiger partial charge in [-0.1, -0.05) is 13.8 Å². The molecule has 1 unspecified atom stereocenters. The third-order valence-electron chi connectivity index (χ3n) is 2.93. The summed E-state index contributed by atoms with van der Waals surface area (Å²) < 4.78 is 0. The molecule has 1 heterocycles. The van der Waals surface area contributed by atoms with Gasteiger partial charge in [0.05, 0.1) is 0 Å². The zero-order valence-corrected chi connectivity index (χ0v) is 10.0.